The third kappa shape index (κ3) is 8.03. The molecule has 1 atom stereocenters. The van der Waals surface area contributed by atoms with E-state index in [0.29, 0.717) is 12.8 Å². The quantitative estimate of drug-likeness (QED) is 0.444. The molecule has 0 saturated carbocycles. The fourth-order valence-electron chi connectivity index (χ4n) is 0.626. The summed E-state index contributed by atoms with van der Waals surface area (Å²) in [5, 5.41) is 0. The Balaban J connectivity index is 3.29. The fraction of sp³-hybridized carbons (Fsp3) is 0.714. The molecule has 3 heteroatoms. The highest BCUT2D eigenvalue weighted by atomic mass is 31.0. The third-order valence-corrected chi connectivity index (χ3v) is 1.40. The fourth-order valence-corrected chi connectivity index (χ4v) is 0.830. The Morgan fingerprint density at radius 3 is 2.40 bits per heavy atom. The summed E-state index contributed by atoms with van der Waals surface area (Å²) in [5.74, 6) is 0. The Labute approximate surface area is 62.9 Å². The zero-order valence-electron chi connectivity index (χ0n) is 6.16. The van der Waals surface area contributed by atoms with Crippen LogP contribution in [-0.2, 0) is 0 Å². The van der Waals surface area contributed by atoms with Crippen molar-refractivity contribution in [3.63, 3.8) is 0 Å². The molecule has 0 aromatic carbocycles. The van der Waals surface area contributed by atoms with Gasteiger partial charge in [0, 0.05) is 6.42 Å². The predicted molar refractivity (Wildman–Crippen MR) is 43.3 cm³/mol. The van der Waals surface area contributed by atoms with Crippen molar-refractivity contribution in [2.24, 2.45) is 0 Å². The van der Waals surface area contributed by atoms with Gasteiger partial charge in [-0.2, -0.15) is 0 Å². The Hall–Kier alpha value is 0.0300. The van der Waals surface area contributed by atoms with Gasteiger partial charge in [0.15, 0.2) is 0 Å². The molecule has 60 valence electrons. The molecule has 0 amide bonds. The molecule has 0 spiro atoms. The van der Waals surface area contributed by atoms with Gasteiger partial charge in [0.2, 0.25) is 0 Å². The number of hydrogen-bond donors (Lipinski definition) is 0. The van der Waals surface area contributed by atoms with Crippen LogP contribution in [0.1, 0.15) is 26.2 Å². The van der Waals surface area contributed by atoms with Crippen molar-refractivity contribution in [2.75, 3.05) is 0 Å². The van der Waals surface area contributed by atoms with Crippen LogP contribution in [0.5, 0.6) is 0 Å². The highest BCUT2D eigenvalue weighted by Crippen LogP contribution is 2.28. The van der Waals surface area contributed by atoms with E-state index in [2.05, 4.69) is 6.58 Å². The van der Waals surface area contributed by atoms with Crippen molar-refractivity contribution in [3.8, 4) is 0 Å². The van der Waals surface area contributed by atoms with Crippen LogP contribution >= 0.6 is 9.24 Å². The zero-order valence-corrected chi connectivity index (χ0v) is 7.32. The van der Waals surface area contributed by atoms with Gasteiger partial charge in [-0.1, -0.05) is 14.8 Å². The third-order valence-electron chi connectivity index (χ3n) is 1.11. The second kappa shape index (κ2) is 4.02. The lowest BCUT2D eigenvalue weighted by molar-refractivity contribution is 0.0920. The molecular formula is C7H13F2P. The van der Waals surface area contributed by atoms with Crippen molar-refractivity contribution >= 4 is 9.24 Å². The van der Waals surface area contributed by atoms with Gasteiger partial charge in [-0.15, -0.1) is 6.58 Å². The Bertz CT molecular complexity index is 115. The van der Waals surface area contributed by atoms with E-state index in [1.807, 2.05) is 6.92 Å². The molecule has 1 unspecified atom stereocenters. The lowest BCUT2D eigenvalue weighted by atomic mass is 10.1. The molecule has 0 radical (unpaired) electrons. The van der Waals surface area contributed by atoms with E-state index in [-0.39, 0.29) is 6.42 Å². The Kier molecular flexibility index (Phi) is 4.04. The van der Waals surface area contributed by atoms with E-state index >= 15 is 0 Å². The monoisotopic (exact) mass is 166 g/mol. The van der Waals surface area contributed by atoms with Crippen molar-refractivity contribution in [2.45, 2.75) is 31.8 Å². The molecule has 0 aliphatic carbocycles. The molecule has 0 rings (SSSR count). The van der Waals surface area contributed by atoms with E-state index < -0.39 is 5.66 Å². The van der Waals surface area contributed by atoms with Crippen LogP contribution in [0, 0.1) is 0 Å². The molecule has 0 saturated heterocycles. The van der Waals surface area contributed by atoms with Crippen LogP contribution in [0.2, 0.25) is 0 Å². The summed E-state index contributed by atoms with van der Waals surface area (Å²) in [6.07, 6.45) is 1.15. The largest absolute Gasteiger partial charge is 0.259 e. The summed E-state index contributed by atoms with van der Waals surface area (Å²) in [6, 6.07) is 0. The smallest absolute Gasteiger partial charge is 0.203 e. The molecule has 0 fully saturated rings. The lowest BCUT2D eigenvalue weighted by Gasteiger charge is -2.08. The first-order valence-electron chi connectivity index (χ1n) is 3.23. The molecule has 0 aromatic rings. The minimum atomic E-state index is -2.59. The van der Waals surface area contributed by atoms with Crippen LogP contribution in [0.15, 0.2) is 12.2 Å². The van der Waals surface area contributed by atoms with Crippen LogP contribution in [0.3, 0.4) is 0 Å². The molecule has 0 nitrogen and oxygen atoms in total. The summed E-state index contributed by atoms with van der Waals surface area (Å²) >= 11 is 0. The summed E-state index contributed by atoms with van der Waals surface area (Å²) in [6.45, 7) is 5.47. The number of halogens is 2. The Morgan fingerprint density at radius 2 is 2.10 bits per heavy atom. The highest BCUT2D eigenvalue weighted by Gasteiger charge is 2.19. The lowest BCUT2D eigenvalue weighted by Crippen LogP contribution is -2.03. The second-order valence-electron chi connectivity index (χ2n) is 2.57. The summed E-state index contributed by atoms with van der Waals surface area (Å²) < 4.78 is 24.2. The van der Waals surface area contributed by atoms with Crippen molar-refractivity contribution in [1.82, 2.24) is 0 Å². The molecule has 0 aliphatic rings. The first kappa shape index (κ1) is 10.0. The normalized spacial score (nSPS) is 11.6. The molecule has 0 heterocycles. The minimum absolute atomic E-state index is 0.0650. The second-order valence-corrected chi connectivity index (χ2v) is 3.42. The standard InChI is InChI=1S/C7H13F2P/c1-6(2)4-3-5-7(8,9)10/h1,3-5,10H2,2H3. The number of alkyl halides is 2. The summed E-state index contributed by atoms with van der Waals surface area (Å²) in [7, 11) is 1.53. The molecular weight excluding hydrogens is 153 g/mol. The molecule has 0 bridgehead atoms. The van der Waals surface area contributed by atoms with Crippen molar-refractivity contribution in [1.29, 1.82) is 0 Å². The van der Waals surface area contributed by atoms with Gasteiger partial charge in [0.1, 0.15) is 0 Å². The van der Waals surface area contributed by atoms with Gasteiger partial charge in [-0.25, -0.2) is 8.78 Å². The van der Waals surface area contributed by atoms with Crippen molar-refractivity contribution in [3.05, 3.63) is 12.2 Å². The van der Waals surface area contributed by atoms with Gasteiger partial charge >= 0.3 is 0 Å². The summed E-state index contributed by atoms with van der Waals surface area (Å²) in [5.41, 5.74) is -1.62. The topological polar surface area (TPSA) is 0 Å². The maximum absolute atomic E-state index is 12.1. The minimum Gasteiger partial charge on any atom is -0.203 e. The Morgan fingerprint density at radius 1 is 1.60 bits per heavy atom. The van der Waals surface area contributed by atoms with Crippen LogP contribution in [0.4, 0.5) is 8.78 Å². The molecule has 0 aromatic heterocycles. The van der Waals surface area contributed by atoms with Gasteiger partial charge in [0.05, 0.1) is 0 Å². The van der Waals surface area contributed by atoms with Gasteiger partial charge in [0.25, 0.3) is 5.66 Å². The van der Waals surface area contributed by atoms with Crippen LogP contribution in [-0.4, -0.2) is 5.66 Å². The first-order chi connectivity index (χ1) is 4.42. The molecule has 0 aliphatic heterocycles. The SMILES string of the molecule is C=C(C)CCCC(F)(F)P. The van der Waals surface area contributed by atoms with Crippen LogP contribution < -0.4 is 0 Å². The van der Waals surface area contributed by atoms with E-state index in [0.717, 1.165) is 5.57 Å². The average Bonchev–Trinajstić information content (AvgIpc) is 1.59. The zero-order chi connectivity index (χ0) is 8.20. The number of hydrogen-bond acceptors (Lipinski definition) is 0. The highest BCUT2D eigenvalue weighted by molar-refractivity contribution is 7.18. The molecule has 10 heavy (non-hydrogen) atoms. The van der Waals surface area contributed by atoms with Gasteiger partial charge < -0.3 is 0 Å². The van der Waals surface area contributed by atoms with E-state index in [9.17, 15) is 8.78 Å². The number of allylic oxidation sites excluding steroid dienone is 1. The van der Waals surface area contributed by atoms with Crippen molar-refractivity contribution < 1.29 is 8.78 Å². The summed E-state index contributed by atoms with van der Waals surface area (Å²) in [4.78, 5) is 0. The van der Waals surface area contributed by atoms with Crippen LogP contribution in [0.25, 0.3) is 0 Å². The molecule has 0 N–H and O–H groups in total. The average molecular weight is 166 g/mol. The maximum atomic E-state index is 12.1. The van der Waals surface area contributed by atoms with Gasteiger partial charge in [-0.3, -0.25) is 0 Å². The van der Waals surface area contributed by atoms with E-state index in [1.165, 1.54) is 9.24 Å². The van der Waals surface area contributed by atoms with E-state index in [4.69, 9.17) is 0 Å². The van der Waals surface area contributed by atoms with Gasteiger partial charge in [-0.05, 0) is 19.8 Å². The first-order valence-corrected chi connectivity index (χ1v) is 3.80. The number of rotatable bonds is 4. The maximum Gasteiger partial charge on any atom is 0.259 e. The predicted octanol–water partition coefficient (Wildman–Crippen LogP) is 3.20. The van der Waals surface area contributed by atoms with E-state index in [1.54, 1.807) is 0 Å².